The Morgan fingerprint density at radius 3 is 2.88 bits per heavy atom. The number of aliphatic imine (C=N–C) groups is 1. The molecule has 6 nitrogen and oxygen atoms in total. The molecule has 0 bridgehead atoms. The zero-order chi connectivity index (χ0) is 18.3. The lowest BCUT2D eigenvalue weighted by atomic mass is 10.0. The molecule has 0 aliphatic carbocycles. The molecule has 1 aliphatic heterocycles. The molecule has 0 spiro atoms. The normalized spacial score (nSPS) is 20.4. The molecule has 0 radical (unpaired) electrons. The van der Waals surface area contributed by atoms with Gasteiger partial charge in [-0.3, -0.25) is 4.79 Å². The van der Waals surface area contributed by atoms with Crippen LogP contribution in [0.15, 0.2) is 27.7 Å². The largest absolute Gasteiger partial charge is 0.373 e. The first-order valence-corrected chi connectivity index (χ1v) is 9.43. The van der Waals surface area contributed by atoms with Crippen molar-refractivity contribution < 1.29 is 9.53 Å². The Bertz CT molecular complexity index is 628. The third-order valence-corrected chi connectivity index (χ3v) is 4.62. The van der Waals surface area contributed by atoms with E-state index in [0.717, 1.165) is 41.7 Å². The van der Waals surface area contributed by atoms with Crippen LogP contribution in [0.3, 0.4) is 0 Å². The quantitative estimate of drug-likeness (QED) is 0.497. The lowest BCUT2D eigenvalue weighted by Crippen LogP contribution is -2.45. The van der Waals surface area contributed by atoms with Crippen LogP contribution in [0.2, 0.25) is 0 Å². The molecule has 2 rings (SSSR count). The second-order valence-electron chi connectivity index (χ2n) is 6.46. The van der Waals surface area contributed by atoms with Gasteiger partial charge in [0.05, 0.1) is 5.60 Å². The fourth-order valence-corrected chi connectivity index (χ4v) is 3.02. The smallest absolute Gasteiger partial charge is 0.246 e. The van der Waals surface area contributed by atoms with Crippen molar-refractivity contribution in [2.24, 2.45) is 4.99 Å². The molecule has 1 atom stereocenters. The van der Waals surface area contributed by atoms with Crippen LogP contribution in [0.4, 0.5) is 5.69 Å². The SMILES string of the molecule is CCNC(=NCC(=O)Nc1cc(Br)ccc1C)NCC1(C)CCCO1. The molecule has 1 heterocycles. The molecule has 1 aromatic rings. The molecule has 1 aliphatic rings. The van der Waals surface area contributed by atoms with Crippen molar-refractivity contribution in [1.29, 1.82) is 0 Å². The molecular weight excluding hydrogens is 384 g/mol. The van der Waals surface area contributed by atoms with Gasteiger partial charge in [-0.05, 0) is 51.3 Å². The number of rotatable bonds is 6. The maximum Gasteiger partial charge on any atom is 0.246 e. The van der Waals surface area contributed by atoms with E-state index in [0.29, 0.717) is 12.5 Å². The van der Waals surface area contributed by atoms with E-state index in [1.165, 1.54) is 0 Å². The summed E-state index contributed by atoms with van der Waals surface area (Å²) in [5.41, 5.74) is 1.64. The van der Waals surface area contributed by atoms with Crippen LogP contribution < -0.4 is 16.0 Å². The first-order chi connectivity index (χ1) is 11.9. The molecule has 0 aromatic heterocycles. The summed E-state index contributed by atoms with van der Waals surface area (Å²) in [7, 11) is 0. The zero-order valence-electron chi connectivity index (χ0n) is 15.1. The van der Waals surface area contributed by atoms with E-state index in [2.05, 4.69) is 43.8 Å². The molecule has 1 unspecified atom stereocenters. The average Bonchev–Trinajstić information content (AvgIpc) is 3.00. The molecule has 138 valence electrons. The van der Waals surface area contributed by atoms with Gasteiger partial charge in [0.15, 0.2) is 5.96 Å². The molecule has 3 N–H and O–H groups in total. The van der Waals surface area contributed by atoms with Crippen molar-refractivity contribution in [3.63, 3.8) is 0 Å². The number of ether oxygens (including phenoxy) is 1. The number of guanidine groups is 1. The predicted molar refractivity (Wildman–Crippen MR) is 105 cm³/mol. The van der Waals surface area contributed by atoms with Gasteiger partial charge in [0.2, 0.25) is 5.91 Å². The van der Waals surface area contributed by atoms with E-state index in [-0.39, 0.29) is 18.1 Å². The van der Waals surface area contributed by atoms with Crippen LogP contribution in [0, 0.1) is 6.92 Å². The number of anilines is 1. The highest BCUT2D eigenvalue weighted by Gasteiger charge is 2.29. The van der Waals surface area contributed by atoms with E-state index < -0.39 is 0 Å². The van der Waals surface area contributed by atoms with Gasteiger partial charge in [-0.25, -0.2) is 4.99 Å². The van der Waals surface area contributed by atoms with Crippen LogP contribution in [-0.4, -0.2) is 43.7 Å². The van der Waals surface area contributed by atoms with Crippen molar-refractivity contribution in [2.75, 3.05) is 31.6 Å². The minimum Gasteiger partial charge on any atom is -0.373 e. The van der Waals surface area contributed by atoms with Gasteiger partial charge in [0, 0.05) is 29.9 Å². The van der Waals surface area contributed by atoms with Crippen LogP contribution >= 0.6 is 15.9 Å². The number of amides is 1. The highest BCUT2D eigenvalue weighted by Crippen LogP contribution is 2.23. The van der Waals surface area contributed by atoms with Crippen LogP contribution in [0.1, 0.15) is 32.3 Å². The minimum absolute atomic E-state index is 0.0544. The lowest BCUT2D eigenvalue weighted by molar-refractivity contribution is -0.114. The summed E-state index contributed by atoms with van der Waals surface area (Å²) in [6, 6.07) is 5.79. The van der Waals surface area contributed by atoms with Crippen LogP contribution in [-0.2, 0) is 9.53 Å². The number of nitrogens with one attached hydrogen (secondary N) is 3. The standard InChI is InChI=1S/C18H27BrN4O2/c1-4-20-17(22-12-18(3)8-5-9-25-18)21-11-16(24)23-15-10-14(19)7-6-13(15)2/h6-7,10H,4-5,8-9,11-12H2,1-3H3,(H,23,24)(H2,20,21,22). The number of nitrogens with zero attached hydrogens (tertiary/aromatic N) is 1. The summed E-state index contributed by atoms with van der Waals surface area (Å²) >= 11 is 3.42. The van der Waals surface area contributed by atoms with Gasteiger partial charge in [-0.1, -0.05) is 22.0 Å². The number of aryl methyl sites for hydroxylation is 1. The first kappa shape index (κ1) is 19.7. The highest BCUT2D eigenvalue weighted by molar-refractivity contribution is 9.10. The Labute approximate surface area is 157 Å². The third kappa shape index (κ3) is 6.32. The zero-order valence-corrected chi connectivity index (χ0v) is 16.7. The molecule has 7 heteroatoms. The second-order valence-corrected chi connectivity index (χ2v) is 7.37. The summed E-state index contributed by atoms with van der Waals surface area (Å²) in [6.07, 6.45) is 2.11. The number of halogens is 1. The molecule has 1 fully saturated rings. The lowest BCUT2D eigenvalue weighted by Gasteiger charge is -2.24. The number of hydrogen-bond donors (Lipinski definition) is 3. The predicted octanol–water partition coefficient (Wildman–Crippen LogP) is 2.82. The number of carbonyl (C=O) groups excluding carboxylic acids is 1. The summed E-state index contributed by atoms with van der Waals surface area (Å²) in [5, 5.41) is 9.33. The van der Waals surface area contributed by atoms with Crippen molar-refractivity contribution in [3.8, 4) is 0 Å². The van der Waals surface area contributed by atoms with E-state index in [9.17, 15) is 4.79 Å². The van der Waals surface area contributed by atoms with Gasteiger partial charge in [-0.2, -0.15) is 0 Å². The van der Waals surface area contributed by atoms with Gasteiger partial charge in [-0.15, -0.1) is 0 Å². The maximum atomic E-state index is 12.2. The van der Waals surface area contributed by atoms with Crippen molar-refractivity contribution in [3.05, 3.63) is 28.2 Å². The van der Waals surface area contributed by atoms with Crippen molar-refractivity contribution in [2.45, 2.75) is 39.2 Å². The molecule has 1 amide bonds. The fraction of sp³-hybridized carbons (Fsp3) is 0.556. The average molecular weight is 411 g/mol. The van der Waals surface area contributed by atoms with Gasteiger partial charge in [0.1, 0.15) is 6.54 Å². The Hall–Kier alpha value is -1.60. The summed E-state index contributed by atoms with van der Waals surface area (Å²) < 4.78 is 6.70. The van der Waals surface area contributed by atoms with Gasteiger partial charge >= 0.3 is 0 Å². The molecule has 0 saturated carbocycles. The number of carbonyl (C=O) groups is 1. The van der Waals surface area contributed by atoms with Crippen molar-refractivity contribution in [1.82, 2.24) is 10.6 Å². The summed E-state index contributed by atoms with van der Waals surface area (Å²) in [4.78, 5) is 16.6. The second kappa shape index (κ2) is 9.20. The Balaban J connectivity index is 1.90. The van der Waals surface area contributed by atoms with E-state index in [1.807, 2.05) is 32.0 Å². The van der Waals surface area contributed by atoms with E-state index in [4.69, 9.17) is 4.74 Å². The topological polar surface area (TPSA) is 74.8 Å². The van der Waals surface area contributed by atoms with Gasteiger partial charge in [0.25, 0.3) is 0 Å². The molecule has 25 heavy (non-hydrogen) atoms. The Morgan fingerprint density at radius 2 is 2.20 bits per heavy atom. The number of benzene rings is 1. The maximum absolute atomic E-state index is 12.2. The van der Waals surface area contributed by atoms with Crippen molar-refractivity contribution >= 4 is 33.5 Å². The minimum atomic E-state index is -0.161. The van der Waals surface area contributed by atoms with E-state index in [1.54, 1.807) is 0 Å². The van der Waals surface area contributed by atoms with E-state index >= 15 is 0 Å². The Kier molecular flexibility index (Phi) is 7.25. The van der Waals surface area contributed by atoms with Crippen LogP contribution in [0.5, 0.6) is 0 Å². The third-order valence-electron chi connectivity index (χ3n) is 4.13. The monoisotopic (exact) mass is 410 g/mol. The molecular formula is C18H27BrN4O2. The Morgan fingerprint density at radius 1 is 1.40 bits per heavy atom. The van der Waals surface area contributed by atoms with Gasteiger partial charge < -0.3 is 20.7 Å². The molecule has 1 aromatic carbocycles. The summed E-state index contributed by atoms with van der Waals surface area (Å²) in [6.45, 7) is 8.31. The fourth-order valence-electron chi connectivity index (χ4n) is 2.66. The highest BCUT2D eigenvalue weighted by atomic mass is 79.9. The molecule has 1 saturated heterocycles. The first-order valence-electron chi connectivity index (χ1n) is 8.64. The number of hydrogen-bond acceptors (Lipinski definition) is 3. The van der Waals surface area contributed by atoms with Crippen LogP contribution in [0.25, 0.3) is 0 Å². The summed E-state index contributed by atoms with van der Waals surface area (Å²) in [5.74, 6) is 0.474.